The zero-order valence-corrected chi connectivity index (χ0v) is 20.4. The lowest BCUT2D eigenvalue weighted by Crippen LogP contribution is -2.41. The van der Waals surface area contributed by atoms with Crippen molar-refractivity contribution in [3.05, 3.63) is 56.7 Å². The van der Waals surface area contributed by atoms with Crippen LogP contribution < -0.4 is 17.0 Å². The van der Waals surface area contributed by atoms with E-state index in [0.29, 0.717) is 5.56 Å². The molecule has 0 aliphatic heterocycles. The molecule has 0 aliphatic carbocycles. The number of aryl methyl sites for hydroxylation is 2. The molecule has 34 heavy (non-hydrogen) atoms. The minimum Gasteiger partial charge on any atom is -0.329 e. The number of Topliss-reactive ketones (excluding diaryl/α,β-unsaturated/α-hetero) is 1. The second kappa shape index (κ2) is 10.4. The number of fused-ring (bicyclic) bond motifs is 1. The normalized spacial score (nSPS) is 12.1. The molecule has 0 bridgehead atoms. The minimum absolute atomic E-state index is 0. The van der Waals surface area contributed by atoms with E-state index in [1.54, 1.807) is 44.2 Å². The number of nitrogens with zero attached hydrogens (tertiary/aromatic N) is 4. The van der Waals surface area contributed by atoms with Crippen molar-refractivity contribution in [3.63, 3.8) is 0 Å². The number of alkyl halides is 3. The number of hydrogen-bond donors (Lipinski definition) is 1. The average molecular weight is 520 g/mol. The molecule has 0 saturated carbocycles. The molecule has 0 atom stereocenters. The number of carbonyl (C=O) groups excluding carboxylic acids is 1. The first-order chi connectivity index (χ1) is 15.3. The van der Waals surface area contributed by atoms with Gasteiger partial charge in [0.05, 0.1) is 13.0 Å². The smallest absolute Gasteiger partial charge is 0.329 e. The summed E-state index contributed by atoms with van der Waals surface area (Å²) in [4.78, 5) is 43.1. The van der Waals surface area contributed by atoms with Gasteiger partial charge in [-0.3, -0.25) is 18.7 Å². The molecule has 186 valence electrons. The summed E-state index contributed by atoms with van der Waals surface area (Å²) in [6.07, 6.45) is -5.66. The van der Waals surface area contributed by atoms with E-state index >= 15 is 0 Å². The van der Waals surface area contributed by atoms with E-state index in [9.17, 15) is 27.6 Å². The zero-order valence-electron chi connectivity index (χ0n) is 18.8. The number of nitrogens with two attached hydrogens (primary N) is 1. The molecule has 8 nitrogen and oxygen atoms in total. The van der Waals surface area contributed by atoms with E-state index in [-0.39, 0.29) is 35.3 Å². The maximum atomic E-state index is 13.3. The summed E-state index contributed by atoms with van der Waals surface area (Å²) in [6, 6.07) is 8.11. The second-order valence-corrected chi connectivity index (χ2v) is 9.85. The van der Waals surface area contributed by atoms with Crippen molar-refractivity contribution in [1.82, 2.24) is 18.7 Å². The van der Waals surface area contributed by atoms with Crippen LogP contribution in [0.2, 0.25) is 0 Å². The monoisotopic (exact) mass is 519 g/mol. The molecule has 0 saturated heterocycles. The van der Waals surface area contributed by atoms with Crippen molar-refractivity contribution in [2.45, 2.75) is 49.4 Å². The van der Waals surface area contributed by atoms with Gasteiger partial charge in [0, 0.05) is 30.4 Å². The van der Waals surface area contributed by atoms with Crippen LogP contribution in [-0.2, 0) is 20.1 Å². The number of ketones is 1. The summed E-state index contributed by atoms with van der Waals surface area (Å²) in [5.74, 6) is -0.477. The first kappa shape index (κ1) is 27.7. The Morgan fingerprint density at radius 2 is 1.74 bits per heavy atom. The van der Waals surface area contributed by atoms with Gasteiger partial charge < -0.3 is 10.3 Å². The molecule has 0 amide bonds. The van der Waals surface area contributed by atoms with E-state index in [4.69, 9.17) is 5.73 Å². The van der Waals surface area contributed by atoms with Crippen molar-refractivity contribution < 1.29 is 18.0 Å². The molecular formula is C21H25ClF3N5O3S. The van der Waals surface area contributed by atoms with Crippen LogP contribution in [0.1, 0.15) is 30.6 Å². The van der Waals surface area contributed by atoms with Gasteiger partial charge in [-0.15, -0.1) is 12.4 Å². The van der Waals surface area contributed by atoms with Crippen LogP contribution in [0.4, 0.5) is 13.2 Å². The van der Waals surface area contributed by atoms with Crippen molar-refractivity contribution in [2.24, 2.45) is 12.8 Å². The van der Waals surface area contributed by atoms with E-state index in [1.807, 2.05) is 0 Å². The number of rotatable bonds is 8. The molecule has 0 aliphatic rings. The molecule has 3 aromatic rings. The fourth-order valence-electron chi connectivity index (χ4n) is 3.16. The van der Waals surface area contributed by atoms with E-state index in [0.717, 1.165) is 25.5 Å². The third-order valence-electron chi connectivity index (χ3n) is 5.07. The highest BCUT2D eigenvalue weighted by Gasteiger charge is 2.31. The lowest BCUT2D eigenvalue weighted by Gasteiger charge is -2.21. The number of aromatic nitrogens is 4. The fourth-order valence-corrected chi connectivity index (χ4v) is 4.17. The van der Waals surface area contributed by atoms with Crippen LogP contribution in [0.25, 0.3) is 11.2 Å². The molecule has 2 heterocycles. The Hall–Kier alpha value is -2.57. The SMILES string of the molecule is Cl.Cn1c(=O)n(CC(=O)c2ccccc2)c(=O)c2c1nc(SC(C)(C)CN)n2CCC(F)(F)F. The Balaban J connectivity index is 0.00000408. The molecule has 13 heteroatoms. The first-order valence-corrected chi connectivity index (χ1v) is 10.9. The first-order valence-electron chi connectivity index (χ1n) is 10.1. The predicted octanol–water partition coefficient (Wildman–Crippen LogP) is 2.98. The van der Waals surface area contributed by atoms with E-state index in [1.165, 1.54) is 7.05 Å². The highest BCUT2D eigenvalue weighted by atomic mass is 35.5. The summed E-state index contributed by atoms with van der Waals surface area (Å²) in [5.41, 5.74) is 4.19. The number of benzene rings is 1. The van der Waals surface area contributed by atoms with E-state index in [2.05, 4.69) is 4.98 Å². The zero-order chi connectivity index (χ0) is 24.6. The van der Waals surface area contributed by atoms with Gasteiger partial charge in [-0.2, -0.15) is 13.2 Å². The second-order valence-electron chi connectivity index (χ2n) is 8.17. The van der Waals surface area contributed by atoms with Crippen molar-refractivity contribution in [3.8, 4) is 0 Å². The lowest BCUT2D eigenvalue weighted by atomic mass is 10.1. The van der Waals surface area contributed by atoms with Gasteiger partial charge in [0.1, 0.15) is 0 Å². The van der Waals surface area contributed by atoms with Gasteiger partial charge in [0.2, 0.25) is 0 Å². The van der Waals surface area contributed by atoms with Crippen LogP contribution in [0, 0.1) is 0 Å². The summed E-state index contributed by atoms with van der Waals surface area (Å²) in [7, 11) is 1.36. The Morgan fingerprint density at radius 3 is 2.29 bits per heavy atom. The van der Waals surface area contributed by atoms with Crippen LogP contribution in [-0.4, -0.2) is 41.9 Å². The number of carbonyl (C=O) groups is 1. The largest absolute Gasteiger partial charge is 0.390 e. The fraction of sp³-hybridized carbons (Fsp3) is 0.429. The van der Waals surface area contributed by atoms with Crippen molar-refractivity contribution >= 4 is 41.1 Å². The van der Waals surface area contributed by atoms with Crippen LogP contribution in [0.5, 0.6) is 0 Å². The highest BCUT2D eigenvalue weighted by Crippen LogP contribution is 2.33. The molecule has 0 fully saturated rings. The van der Waals surface area contributed by atoms with Gasteiger partial charge in [-0.25, -0.2) is 9.78 Å². The predicted molar refractivity (Wildman–Crippen MR) is 127 cm³/mol. The van der Waals surface area contributed by atoms with E-state index < -0.39 is 47.5 Å². The Labute approximate surface area is 203 Å². The average Bonchev–Trinajstić information content (AvgIpc) is 3.11. The van der Waals surface area contributed by atoms with Crippen molar-refractivity contribution in [2.75, 3.05) is 6.54 Å². The van der Waals surface area contributed by atoms with Crippen molar-refractivity contribution in [1.29, 1.82) is 0 Å². The van der Waals surface area contributed by atoms with Crippen LogP contribution in [0.15, 0.2) is 45.1 Å². The van der Waals surface area contributed by atoms with Gasteiger partial charge in [0.15, 0.2) is 22.1 Å². The quantitative estimate of drug-likeness (QED) is 0.362. The summed E-state index contributed by atoms with van der Waals surface area (Å²) >= 11 is 1.12. The Morgan fingerprint density at radius 1 is 1.12 bits per heavy atom. The molecule has 2 aromatic heterocycles. The number of hydrogen-bond acceptors (Lipinski definition) is 6. The molecule has 3 rings (SSSR count). The molecule has 0 radical (unpaired) electrons. The Bertz CT molecular complexity index is 1300. The molecule has 2 N–H and O–H groups in total. The summed E-state index contributed by atoms with van der Waals surface area (Å²) < 4.78 is 41.4. The van der Waals surface area contributed by atoms with Gasteiger partial charge in [-0.05, 0) is 13.8 Å². The molecule has 0 unspecified atom stereocenters. The maximum absolute atomic E-state index is 13.3. The number of halogens is 4. The van der Waals surface area contributed by atoms with Gasteiger partial charge in [-0.1, -0.05) is 42.1 Å². The molecule has 0 spiro atoms. The third-order valence-corrected chi connectivity index (χ3v) is 6.29. The van der Waals surface area contributed by atoms with Crippen LogP contribution >= 0.6 is 24.2 Å². The van der Waals surface area contributed by atoms with Gasteiger partial charge in [0.25, 0.3) is 5.56 Å². The third kappa shape index (κ3) is 5.91. The number of thioether (sulfide) groups is 1. The summed E-state index contributed by atoms with van der Waals surface area (Å²) in [5, 5.41) is 0.143. The Kier molecular flexibility index (Phi) is 8.43. The molecule has 1 aromatic carbocycles. The van der Waals surface area contributed by atoms with Gasteiger partial charge >= 0.3 is 11.9 Å². The maximum Gasteiger partial charge on any atom is 0.390 e. The molecular weight excluding hydrogens is 495 g/mol. The standard InChI is InChI=1S/C21H24F3N5O3S.ClH/c1-20(2,12-25)33-18-26-16-15(28(18)10-9-21(22,23)24)17(31)29(19(32)27(16)3)11-14(30)13-7-5-4-6-8-13;/h4-8H,9-12,25H2,1-3H3;1H. The number of imidazole rings is 1. The lowest BCUT2D eigenvalue weighted by molar-refractivity contribution is -0.136. The topological polar surface area (TPSA) is 105 Å². The minimum atomic E-state index is -4.47. The summed E-state index contributed by atoms with van der Waals surface area (Å²) in [6.45, 7) is 2.67. The van der Waals surface area contributed by atoms with Crippen LogP contribution in [0.3, 0.4) is 0 Å². The highest BCUT2D eigenvalue weighted by molar-refractivity contribution is 8.00.